The van der Waals surface area contributed by atoms with Gasteiger partial charge in [0.2, 0.25) is 5.91 Å². The molecule has 25 heavy (non-hydrogen) atoms. The van der Waals surface area contributed by atoms with Crippen molar-refractivity contribution in [1.29, 1.82) is 0 Å². The zero-order valence-electron chi connectivity index (χ0n) is 14.3. The highest BCUT2D eigenvalue weighted by molar-refractivity contribution is 7.13. The summed E-state index contributed by atoms with van der Waals surface area (Å²) in [6, 6.07) is 4.22. The molecule has 0 bridgehead atoms. The van der Waals surface area contributed by atoms with E-state index < -0.39 is 0 Å². The van der Waals surface area contributed by atoms with Gasteiger partial charge in [-0.25, -0.2) is 4.98 Å². The molecule has 132 valence electrons. The average molecular weight is 357 g/mol. The molecular weight excluding hydrogens is 334 g/mol. The van der Waals surface area contributed by atoms with E-state index in [0.717, 1.165) is 35.7 Å². The standard InChI is InChI=1S/C19H23N3O2S/c23-18(22-11-12-24-17-4-2-1-3-16(17)22)6-5-15-13-25-19(21-15)14-7-9-20-10-8-14/h7-10,13,16-17H,1-6,11-12H2. The van der Waals surface area contributed by atoms with Crippen LogP contribution in [0.25, 0.3) is 10.6 Å². The number of rotatable bonds is 4. The fourth-order valence-electron chi connectivity index (χ4n) is 3.83. The van der Waals surface area contributed by atoms with E-state index in [1.54, 1.807) is 23.7 Å². The Morgan fingerprint density at radius 2 is 2.12 bits per heavy atom. The van der Waals surface area contributed by atoms with E-state index in [0.29, 0.717) is 19.4 Å². The van der Waals surface area contributed by atoms with Crippen molar-refractivity contribution in [2.75, 3.05) is 13.2 Å². The number of pyridine rings is 1. The first-order valence-electron chi connectivity index (χ1n) is 9.07. The van der Waals surface area contributed by atoms with Gasteiger partial charge in [0.05, 0.1) is 24.4 Å². The smallest absolute Gasteiger partial charge is 0.223 e. The first-order chi connectivity index (χ1) is 12.3. The Balaban J connectivity index is 1.36. The van der Waals surface area contributed by atoms with Crippen LogP contribution in [0.4, 0.5) is 0 Å². The van der Waals surface area contributed by atoms with Gasteiger partial charge in [0.15, 0.2) is 0 Å². The molecule has 3 heterocycles. The largest absolute Gasteiger partial charge is 0.374 e. The number of morpholine rings is 1. The van der Waals surface area contributed by atoms with Crippen molar-refractivity contribution in [2.24, 2.45) is 0 Å². The lowest BCUT2D eigenvalue weighted by Crippen LogP contribution is -2.54. The van der Waals surface area contributed by atoms with Gasteiger partial charge in [-0.1, -0.05) is 12.8 Å². The van der Waals surface area contributed by atoms with Crippen LogP contribution >= 0.6 is 11.3 Å². The van der Waals surface area contributed by atoms with Gasteiger partial charge in [-0.05, 0) is 31.4 Å². The minimum atomic E-state index is 0.249. The van der Waals surface area contributed by atoms with E-state index >= 15 is 0 Å². The number of hydrogen-bond donors (Lipinski definition) is 0. The number of fused-ring (bicyclic) bond motifs is 1. The number of carbonyl (C=O) groups is 1. The molecular formula is C19H23N3O2S. The van der Waals surface area contributed by atoms with E-state index in [1.165, 1.54) is 12.8 Å². The first-order valence-corrected chi connectivity index (χ1v) is 9.95. The van der Waals surface area contributed by atoms with Gasteiger partial charge in [-0.15, -0.1) is 11.3 Å². The number of amides is 1. The molecule has 6 heteroatoms. The SMILES string of the molecule is O=C(CCc1csc(-c2ccncc2)n1)N1CCOC2CCCCC21. The van der Waals surface area contributed by atoms with Crippen molar-refractivity contribution in [1.82, 2.24) is 14.9 Å². The summed E-state index contributed by atoms with van der Waals surface area (Å²) in [5, 5.41) is 3.05. The fraction of sp³-hybridized carbons (Fsp3) is 0.526. The molecule has 2 fully saturated rings. The topological polar surface area (TPSA) is 55.3 Å². The van der Waals surface area contributed by atoms with E-state index in [9.17, 15) is 4.79 Å². The minimum absolute atomic E-state index is 0.249. The third kappa shape index (κ3) is 3.75. The van der Waals surface area contributed by atoms with Crippen LogP contribution in [-0.2, 0) is 16.0 Å². The second-order valence-corrected chi connectivity index (χ2v) is 7.59. The third-order valence-electron chi connectivity index (χ3n) is 5.13. The van der Waals surface area contributed by atoms with Gasteiger partial charge >= 0.3 is 0 Å². The number of ether oxygens (including phenoxy) is 1. The Hall–Kier alpha value is -1.79. The van der Waals surface area contributed by atoms with Crippen LogP contribution in [0, 0.1) is 0 Å². The summed E-state index contributed by atoms with van der Waals surface area (Å²) in [5.41, 5.74) is 2.08. The van der Waals surface area contributed by atoms with E-state index in [1.807, 2.05) is 12.1 Å². The normalized spacial score (nSPS) is 23.3. The first kappa shape index (κ1) is 16.7. The predicted molar refractivity (Wildman–Crippen MR) is 97.4 cm³/mol. The summed E-state index contributed by atoms with van der Waals surface area (Å²) < 4.78 is 5.87. The highest BCUT2D eigenvalue weighted by Gasteiger charge is 2.36. The Kier molecular flexibility index (Phi) is 5.08. The van der Waals surface area contributed by atoms with Crippen molar-refractivity contribution >= 4 is 17.2 Å². The predicted octanol–water partition coefficient (Wildman–Crippen LogP) is 3.31. The van der Waals surface area contributed by atoms with Gasteiger partial charge in [0.25, 0.3) is 0 Å². The van der Waals surface area contributed by atoms with Crippen molar-refractivity contribution in [3.8, 4) is 10.6 Å². The van der Waals surface area contributed by atoms with Gasteiger partial charge in [0.1, 0.15) is 5.01 Å². The molecule has 1 saturated heterocycles. The molecule has 2 aromatic rings. The summed E-state index contributed by atoms with van der Waals surface area (Å²) in [5.74, 6) is 0.249. The molecule has 0 radical (unpaired) electrons. The Morgan fingerprint density at radius 1 is 1.28 bits per heavy atom. The molecule has 0 spiro atoms. The quantitative estimate of drug-likeness (QED) is 0.842. The van der Waals surface area contributed by atoms with Crippen LogP contribution in [0.5, 0.6) is 0 Å². The summed E-state index contributed by atoms with van der Waals surface area (Å²) in [6.07, 6.45) is 9.64. The lowest BCUT2D eigenvalue weighted by atomic mass is 9.90. The maximum atomic E-state index is 12.7. The number of aryl methyl sites for hydroxylation is 1. The fourth-order valence-corrected chi connectivity index (χ4v) is 4.69. The summed E-state index contributed by atoms with van der Waals surface area (Å²) in [6.45, 7) is 1.41. The second-order valence-electron chi connectivity index (χ2n) is 6.73. The van der Waals surface area contributed by atoms with E-state index in [-0.39, 0.29) is 18.1 Å². The maximum Gasteiger partial charge on any atom is 0.223 e. The van der Waals surface area contributed by atoms with Crippen LogP contribution in [0.2, 0.25) is 0 Å². The molecule has 4 rings (SSSR count). The molecule has 1 saturated carbocycles. The van der Waals surface area contributed by atoms with Crippen molar-refractivity contribution < 1.29 is 9.53 Å². The third-order valence-corrected chi connectivity index (χ3v) is 6.07. The zero-order chi connectivity index (χ0) is 17.1. The van der Waals surface area contributed by atoms with Crippen LogP contribution in [0.15, 0.2) is 29.9 Å². The molecule has 0 aromatic carbocycles. The summed E-state index contributed by atoms with van der Waals surface area (Å²) in [7, 11) is 0. The van der Waals surface area contributed by atoms with Crippen LogP contribution in [0.1, 0.15) is 37.8 Å². The molecule has 1 aliphatic heterocycles. The van der Waals surface area contributed by atoms with Crippen LogP contribution < -0.4 is 0 Å². The van der Waals surface area contributed by atoms with Gasteiger partial charge < -0.3 is 9.64 Å². The monoisotopic (exact) mass is 357 g/mol. The molecule has 2 aliphatic rings. The van der Waals surface area contributed by atoms with Gasteiger partial charge in [0, 0.05) is 36.3 Å². The average Bonchev–Trinajstić information content (AvgIpc) is 3.15. The number of carbonyl (C=O) groups excluding carboxylic acids is 1. The molecule has 2 unspecified atom stereocenters. The Bertz CT molecular complexity index is 716. The van der Waals surface area contributed by atoms with E-state index in [4.69, 9.17) is 4.74 Å². The number of nitrogens with zero attached hydrogens (tertiary/aromatic N) is 3. The zero-order valence-corrected chi connectivity index (χ0v) is 15.1. The number of aromatic nitrogens is 2. The Morgan fingerprint density at radius 3 is 3.00 bits per heavy atom. The van der Waals surface area contributed by atoms with Gasteiger partial charge in [-0.2, -0.15) is 0 Å². The molecule has 0 N–H and O–H groups in total. The number of thiazole rings is 1. The minimum Gasteiger partial charge on any atom is -0.374 e. The maximum absolute atomic E-state index is 12.7. The molecule has 2 atom stereocenters. The van der Waals surface area contributed by atoms with Crippen molar-refractivity contribution in [2.45, 2.75) is 50.7 Å². The summed E-state index contributed by atoms with van der Waals surface area (Å²) >= 11 is 1.62. The van der Waals surface area contributed by atoms with Crippen molar-refractivity contribution in [3.63, 3.8) is 0 Å². The Labute approximate surface area is 152 Å². The molecule has 2 aromatic heterocycles. The second kappa shape index (κ2) is 7.62. The lowest BCUT2D eigenvalue weighted by molar-refractivity contribution is -0.149. The lowest BCUT2D eigenvalue weighted by Gasteiger charge is -2.43. The summed E-state index contributed by atoms with van der Waals surface area (Å²) in [4.78, 5) is 23.5. The molecule has 1 aliphatic carbocycles. The number of hydrogen-bond acceptors (Lipinski definition) is 5. The van der Waals surface area contributed by atoms with Crippen molar-refractivity contribution in [3.05, 3.63) is 35.6 Å². The van der Waals surface area contributed by atoms with E-state index in [2.05, 4.69) is 20.2 Å². The highest BCUT2D eigenvalue weighted by Crippen LogP contribution is 2.29. The van der Waals surface area contributed by atoms with Crippen LogP contribution in [-0.4, -0.2) is 46.1 Å². The van der Waals surface area contributed by atoms with Crippen LogP contribution in [0.3, 0.4) is 0 Å². The molecule has 5 nitrogen and oxygen atoms in total. The van der Waals surface area contributed by atoms with Gasteiger partial charge in [-0.3, -0.25) is 9.78 Å². The molecule has 1 amide bonds. The highest BCUT2D eigenvalue weighted by atomic mass is 32.1.